The molecule has 0 spiro atoms. The van der Waals surface area contributed by atoms with Crippen LogP contribution in [0.2, 0.25) is 5.02 Å². The van der Waals surface area contributed by atoms with E-state index in [0.29, 0.717) is 26.4 Å². The quantitative estimate of drug-likeness (QED) is 0.430. The number of halogens is 2. The summed E-state index contributed by atoms with van der Waals surface area (Å²) in [7, 11) is 0. The van der Waals surface area contributed by atoms with Gasteiger partial charge in [-0.25, -0.2) is 4.98 Å². The summed E-state index contributed by atoms with van der Waals surface area (Å²) in [5.41, 5.74) is 1.57. The number of fused-ring (bicyclic) bond motifs is 1. The molecule has 0 bridgehead atoms. The maximum absolute atomic E-state index is 11.8. The van der Waals surface area contributed by atoms with E-state index in [4.69, 9.17) is 11.6 Å². The highest BCUT2D eigenvalue weighted by Gasteiger charge is 2.21. The van der Waals surface area contributed by atoms with E-state index in [1.54, 1.807) is 18.3 Å². The van der Waals surface area contributed by atoms with Crippen molar-refractivity contribution in [2.24, 2.45) is 0 Å². The van der Waals surface area contributed by atoms with Gasteiger partial charge in [-0.15, -0.1) is 11.3 Å². The smallest absolute Gasteiger partial charge is 0.242 e. The van der Waals surface area contributed by atoms with Crippen LogP contribution in [-0.2, 0) is 4.79 Å². The lowest BCUT2D eigenvalue weighted by atomic mass is 10.1. The molecule has 0 fully saturated rings. The van der Waals surface area contributed by atoms with E-state index in [2.05, 4.69) is 25.9 Å². The molecule has 4 nitrogen and oxygen atoms in total. The van der Waals surface area contributed by atoms with Crippen LogP contribution in [0.3, 0.4) is 0 Å². The number of nitrogens with one attached hydrogen (secondary N) is 1. The van der Waals surface area contributed by atoms with Gasteiger partial charge < -0.3 is 4.98 Å². The molecule has 0 saturated heterocycles. The average Bonchev–Trinajstić information content (AvgIpc) is 3.05. The number of benzene rings is 1. The number of hydrogen-bond acceptors (Lipinski definition) is 4. The average molecular weight is 370 g/mol. The molecule has 0 amide bonds. The molecule has 3 rings (SSSR count). The Morgan fingerprint density at radius 1 is 1.45 bits per heavy atom. The summed E-state index contributed by atoms with van der Waals surface area (Å²) >= 11 is 10.8. The van der Waals surface area contributed by atoms with E-state index >= 15 is 0 Å². The van der Waals surface area contributed by atoms with Crippen molar-refractivity contribution in [1.29, 1.82) is 0 Å². The molecule has 0 atom stereocenters. The third-order valence-corrected chi connectivity index (χ3v) is 4.83. The largest absolute Gasteiger partial charge is 0.351 e. The van der Waals surface area contributed by atoms with E-state index in [9.17, 15) is 9.59 Å². The molecule has 0 saturated carbocycles. The van der Waals surface area contributed by atoms with E-state index in [-0.39, 0.29) is 5.69 Å². The Labute approximate surface area is 130 Å². The van der Waals surface area contributed by atoms with E-state index in [0.717, 1.165) is 10.9 Å². The Morgan fingerprint density at radius 3 is 2.90 bits per heavy atom. The van der Waals surface area contributed by atoms with Crippen molar-refractivity contribution in [2.75, 3.05) is 0 Å². The van der Waals surface area contributed by atoms with Gasteiger partial charge in [-0.2, -0.15) is 0 Å². The summed E-state index contributed by atoms with van der Waals surface area (Å²) in [5.74, 6) is -0.612. The lowest BCUT2D eigenvalue weighted by Crippen LogP contribution is -2.01. The Balaban J connectivity index is 2.41. The first-order valence-corrected chi connectivity index (χ1v) is 7.57. The fourth-order valence-electron chi connectivity index (χ4n) is 2.00. The maximum Gasteiger partial charge on any atom is 0.242 e. The maximum atomic E-state index is 11.8. The zero-order valence-corrected chi connectivity index (χ0v) is 13.0. The molecule has 0 unspecified atom stereocenters. The number of nitrogens with zero attached hydrogens (tertiary/aromatic N) is 1. The zero-order valence-electron chi connectivity index (χ0n) is 9.81. The van der Waals surface area contributed by atoms with Gasteiger partial charge in [0.15, 0.2) is 6.29 Å². The summed E-state index contributed by atoms with van der Waals surface area (Å²) in [5, 5.41) is 3.77. The summed E-state index contributed by atoms with van der Waals surface area (Å²) in [4.78, 5) is 29.8. The summed E-state index contributed by atoms with van der Waals surface area (Å²) in [6.07, 6.45) is 1.94. The summed E-state index contributed by atoms with van der Waals surface area (Å²) in [6, 6.07) is 3.52. The Morgan fingerprint density at radius 2 is 2.25 bits per heavy atom. The third-order valence-electron chi connectivity index (χ3n) is 2.84. The van der Waals surface area contributed by atoms with Crippen molar-refractivity contribution >= 4 is 61.8 Å². The number of rotatable bonds is 3. The second kappa shape index (κ2) is 5.12. The molecular weight excluding hydrogens is 364 g/mol. The molecule has 0 aliphatic rings. The minimum Gasteiger partial charge on any atom is -0.351 e. The van der Waals surface area contributed by atoms with E-state index < -0.39 is 5.78 Å². The number of ketones is 1. The number of aldehydes is 1. The molecule has 0 aliphatic carbocycles. The van der Waals surface area contributed by atoms with Crippen LogP contribution in [0.4, 0.5) is 0 Å². The second-order valence-corrected chi connectivity index (χ2v) is 6.16. The van der Waals surface area contributed by atoms with E-state index in [1.165, 1.54) is 11.3 Å². The van der Waals surface area contributed by atoms with Gasteiger partial charge in [0.2, 0.25) is 5.78 Å². The Hall–Kier alpha value is -1.50. The first-order chi connectivity index (χ1) is 9.61. The topological polar surface area (TPSA) is 62.8 Å². The van der Waals surface area contributed by atoms with Crippen molar-refractivity contribution in [3.8, 4) is 10.6 Å². The molecule has 1 aromatic carbocycles. The second-order valence-electron chi connectivity index (χ2n) is 4.01. The van der Waals surface area contributed by atoms with Crippen LogP contribution in [0.15, 0.2) is 28.2 Å². The van der Waals surface area contributed by atoms with Crippen molar-refractivity contribution in [2.45, 2.75) is 0 Å². The van der Waals surface area contributed by atoms with Crippen LogP contribution in [0.1, 0.15) is 10.5 Å². The highest BCUT2D eigenvalue weighted by atomic mass is 79.9. The monoisotopic (exact) mass is 368 g/mol. The number of aromatic amines is 1. The van der Waals surface area contributed by atoms with Crippen molar-refractivity contribution < 1.29 is 9.59 Å². The fraction of sp³-hybridized carbons (Fsp3) is 0. The van der Waals surface area contributed by atoms with Crippen molar-refractivity contribution in [1.82, 2.24) is 9.97 Å². The van der Waals surface area contributed by atoms with Crippen LogP contribution in [0, 0.1) is 0 Å². The van der Waals surface area contributed by atoms with Gasteiger partial charge in [0.25, 0.3) is 0 Å². The third kappa shape index (κ3) is 2.09. The summed E-state index contributed by atoms with van der Waals surface area (Å²) in [6.45, 7) is 0. The Kier molecular flexibility index (Phi) is 3.45. The van der Waals surface area contributed by atoms with Gasteiger partial charge >= 0.3 is 0 Å². The molecule has 0 aliphatic heterocycles. The van der Waals surface area contributed by atoms with Crippen LogP contribution < -0.4 is 0 Å². The van der Waals surface area contributed by atoms with Crippen LogP contribution >= 0.6 is 38.9 Å². The molecule has 1 N–H and O–H groups in total. The molecule has 0 radical (unpaired) electrons. The van der Waals surface area contributed by atoms with E-state index in [1.807, 2.05) is 5.38 Å². The predicted octanol–water partition coefficient (Wildman–Crippen LogP) is 4.09. The zero-order chi connectivity index (χ0) is 14.3. The normalized spacial score (nSPS) is 10.9. The number of hydrogen-bond donors (Lipinski definition) is 1. The number of carbonyl (C=O) groups excluding carboxylic acids is 2. The lowest BCUT2D eigenvalue weighted by molar-refractivity contribution is -0.104. The number of thiazole rings is 1. The lowest BCUT2D eigenvalue weighted by Gasteiger charge is -1.99. The first-order valence-electron chi connectivity index (χ1n) is 5.52. The number of aromatic nitrogens is 2. The molecule has 100 valence electrons. The standard InChI is InChI=1S/C13H6BrClN2O2S/c14-7-4-9-6(3-8(7)15)11(13-16-1-2-20-13)12(17-9)10(19)5-18/h1-5,17H. The van der Waals surface area contributed by atoms with Gasteiger partial charge in [0, 0.05) is 32.5 Å². The van der Waals surface area contributed by atoms with Gasteiger partial charge in [0.1, 0.15) is 10.7 Å². The predicted molar refractivity (Wildman–Crippen MR) is 82.5 cm³/mol. The van der Waals surface area contributed by atoms with Gasteiger partial charge in [-0.1, -0.05) is 11.6 Å². The van der Waals surface area contributed by atoms with Crippen LogP contribution in [0.25, 0.3) is 21.5 Å². The SMILES string of the molecule is O=CC(=O)c1[nH]c2cc(Br)c(Cl)cc2c1-c1nccs1. The minimum absolute atomic E-state index is 0.235. The molecule has 2 aromatic heterocycles. The van der Waals surface area contributed by atoms with Crippen LogP contribution in [-0.4, -0.2) is 22.0 Å². The number of Topliss-reactive ketones (excluding diaryl/α,β-unsaturated/α-hetero) is 1. The number of H-pyrrole nitrogens is 1. The highest BCUT2D eigenvalue weighted by molar-refractivity contribution is 9.10. The van der Waals surface area contributed by atoms with Gasteiger partial charge in [-0.3, -0.25) is 9.59 Å². The molecule has 20 heavy (non-hydrogen) atoms. The number of carbonyl (C=O) groups is 2. The van der Waals surface area contributed by atoms with Crippen LogP contribution in [0.5, 0.6) is 0 Å². The first kappa shape index (κ1) is 13.5. The fourth-order valence-corrected chi connectivity index (χ4v) is 3.21. The van der Waals surface area contributed by atoms with Crippen molar-refractivity contribution in [3.05, 3.63) is 38.9 Å². The highest BCUT2D eigenvalue weighted by Crippen LogP contribution is 2.37. The molecular formula is C13H6BrClN2O2S. The summed E-state index contributed by atoms with van der Waals surface area (Å²) < 4.78 is 0.712. The van der Waals surface area contributed by atoms with Gasteiger partial charge in [-0.05, 0) is 28.1 Å². The van der Waals surface area contributed by atoms with Crippen molar-refractivity contribution in [3.63, 3.8) is 0 Å². The molecule has 2 heterocycles. The molecule has 7 heteroatoms. The molecule has 3 aromatic rings. The van der Waals surface area contributed by atoms with Gasteiger partial charge in [0.05, 0.1) is 5.02 Å². The minimum atomic E-state index is -0.612. The Bertz CT molecular complexity index is 827.